The Balaban J connectivity index is 1.45. The molecular formula is C20H21ClN2O5. The second kappa shape index (κ2) is 9.32. The first-order valence-electron chi connectivity index (χ1n) is 8.99. The highest BCUT2D eigenvalue weighted by molar-refractivity contribution is 6.32. The Morgan fingerprint density at radius 1 is 0.964 bits per heavy atom. The van der Waals surface area contributed by atoms with Crippen molar-refractivity contribution in [3.63, 3.8) is 0 Å². The maximum atomic E-state index is 12.3. The maximum Gasteiger partial charge on any atom is 0.251 e. The van der Waals surface area contributed by atoms with Gasteiger partial charge in [0.1, 0.15) is 5.75 Å². The Kier molecular flexibility index (Phi) is 6.60. The SMILES string of the molecule is O=C(NCCCNC(=O)c1cc(Cl)c2c(c1)OCCCO2)c1ccc(O)cc1. The number of phenolic OH excluding ortho intramolecular Hbond substituents is 1. The van der Waals surface area contributed by atoms with Crippen LogP contribution in [-0.4, -0.2) is 43.2 Å². The average Bonchev–Trinajstić information content (AvgIpc) is 2.94. The molecule has 7 nitrogen and oxygen atoms in total. The van der Waals surface area contributed by atoms with Crippen LogP contribution in [0.2, 0.25) is 5.02 Å². The highest BCUT2D eigenvalue weighted by Crippen LogP contribution is 2.37. The monoisotopic (exact) mass is 404 g/mol. The van der Waals surface area contributed by atoms with Crippen LogP contribution >= 0.6 is 11.6 Å². The number of fused-ring (bicyclic) bond motifs is 1. The van der Waals surface area contributed by atoms with Gasteiger partial charge in [-0.1, -0.05) is 11.6 Å². The highest BCUT2D eigenvalue weighted by atomic mass is 35.5. The lowest BCUT2D eigenvalue weighted by molar-refractivity contribution is 0.0951. The predicted octanol–water partition coefficient (Wildman–Crippen LogP) is 2.76. The topological polar surface area (TPSA) is 96.9 Å². The second-order valence-electron chi connectivity index (χ2n) is 6.25. The van der Waals surface area contributed by atoms with Crippen LogP contribution in [0.4, 0.5) is 0 Å². The van der Waals surface area contributed by atoms with E-state index in [0.717, 1.165) is 6.42 Å². The molecule has 8 heteroatoms. The molecule has 1 aliphatic rings. The van der Waals surface area contributed by atoms with Gasteiger partial charge in [-0.15, -0.1) is 0 Å². The molecule has 0 saturated heterocycles. The Morgan fingerprint density at radius 3 is 2.32 bits per heavy atom. The summed E-state index contributed by atoms with van der Waals surface area (Å²) in [7, 11) is 0. The molecule has 1 aliphatic heterocycles. The molecule has 1 heterocycles. The zero-order valence-corrected chi connectivity index (χ0v) is 15.9. The fraction of sp³-hybridized carbons (Fsp3) is 0.300. The van der Waals surface area contributed by atoms with E-state index in [9.17, 15) is 14.7 Å². The highest BCUT2D eigenvalue weighted by Gasteiger charge is 2.18. The molecular weight excluding hydrogens is 384 g/mol. The predicted molar refractivity (Wildman–Crippen MR) is 104 cm³/mol. The number of ether oxygens (including phenoxy) is 2. The summed E-state index contributed by atoms with van der Waals surface area (Å²) < 4.78 is 11.1. The standard InChI is InChI=1S/C20H21ClN2O5/c21-16-11-14(12-17-18(16)28-10-2-9-27-17)20(26)23-8-1-7-22-19(25)13-3-5-15(24)6-4-13/h3-6,11-12,24H,1-2,7-10H2,(H,22,25)(H,23,26). The zero-order chi connectivity index (χ0) is 19.9. The van der Waals surface area contributed by atoms with E-state index >= 15 is 0 Å². The van der Waals surface area contributed by atoms with Crippen LogP contribution in [0.5, 0.6) is 17.2 Å². The van der Waals surface area contributed by atoms with Gasteiger partial charge in [-0.2, -0.15) is 0 Å². The van der Waals surface area contributed by atoms with E-state index in [4.69, 9.17) is 21.1 Å². The Hall–Kier alpha value is -2.93. The van der Waals surface area contributed by atoms with Crippen molar-refractivity contribution in [2.45, 2.75) is 12.8 Å². The molecule has 3 N–H and O–H groups in total. The van der Waals surface area contributed by atoms with Gasteiger partial charge in [0.15, 0.2) is 11.5 Å². The first-order chi connectivity index (χ1) is 13.5. The lowest BCUT2D eigenvalue weighted by Gasteiger charge is -2.12. The van der Waals surface area contributed by atoms with Crippen molar-refractivity contribution in [3.05, 3.63) is 52.5 Å². The lowest BCUT2D eigenvalue weighted by Crippen LogP contribution is -2.29. The minimum absolute atomic E-state index is 0.106. The third-order valence-corrected chi connectivity index (χ3v) is 4.40. The van der Waals surface area contributed by atoms with E-state index in [0.29, 0.717) is 60.4 Å². The van der Waals surface area contributed by atoms with Gasteiger partial charge in [0.2, 0.25) is 0 Å². The van der Waals surface area contributed by atoms with E-state index < -0.39 is 0 Å². The minimum atomic E-state index is -0.276. The molecule has 0 unspecified atom stereocenters. The average molecular weight is 405 g/mol. The van der Waals surface area contributed by atoms with Crippen LogP contribution < -0.4 is 20.1 Å². The number of carbonyl (C=O) groups is 2. The molecule has 28 heavy (non-hydrogen) atoms. The van der Waals surface area contributed by atoms with Gasteiger partial charge in [0, 0.05) is 30.6 Å². The molecule has 0 radical (unpaired) electrons. The quantitative estimate of drug-likeness (QED) is 0.643. The first-order valence-corrected chi connectivity index (χ1v) is 9.37. The Morgan fingerprint density at radius 2 is 1.61 bits per heavy atom. The van der Waals surface area contributed by atoms with Gasteiger partial charge < -0.3 is 25.2 Å². The normalized spacial score (nSPS) is 12.8. The van der Waals surface area contributed by atoms with Crippen LogP contribution in [0.1, 0.15) is 33.6 Å². The lowest BCUT2D eigenvalue weighted by atomic mass is 10.2. The summed E-state index contributed by atoms with van der Waals surface area (Å²) in [6, 6.07) is 9.16. The third kappa shape index (κ3) is 5.07. The van der Waals surface area contributed by atoms with E-state index in [1.54, 1.807) is 24.3 Å². The molecule has 2 aromatic carbocycles. The summed E-state index contributed by atoms with van der Waals surface area (Å²) in [6.07, 6.45) is 1.32. The van der Waals surface area contributed by atoms with Crippen LogP contribution in [-0.2, 0) is 0 Å². The number of hydrogen-bond acceptors (Lipinski definition) is 5. The van der Waals surface area contributed by atoms with Gasteiger partial charge in [-0.25, -0.2) is 0 Å². The zero-order valence-electron chi connectivity index (χ0n) is 15.2. The number of rotatable bonds is 6. The minimum Gasteiger partial charge on any atom is -0.508 e. The van der Waals surface area contributed by atoms with Gasteiger partial charge in [0.05, 0.1) is 18.2 Å². The fourth-order valence-electron chi connectivity index (χ4n) is 2.67. The van der Waals surface area contributed by atoms with Gasteiger partial charge in [0.25, 0.3) is 11.8 Å². The molecule has 0 atom stereocenters. The summed E-state index contributed by atoms with van der Waals surface area (Å²) in [5, 5.41) is 15.1. The van der Waals surface area contributed by atoms with Crippen molar-refractivity contribution in [3.8, 4) is 17.2 Å². The number of phenols is 1. The maximum absolute atomic E-state index is 12.3. The molecule has 3 rings (SSSR count). The summed E-state index contributed by atoms with van der Waals surface area (Å²) in [5.74, 6) is 0.529. The second-order valence-corrected chi connectivity index (χ2v) is 6.66. The van der Waals surface area contributed by atoms with Gasteiger partial charge in [-0.05, 0) is 42.8 Å². The van der Waals surface area contributed by atoms with E-state index in [-0.39, 0.29) is 17.6 Å². The van der Waals surface area contributed by atoms with Gasteiger partial charge >= 0.3 is 0 Å². The number of nitrogens with one attached hydrogen (secondary N) is 2. The number of benzene rings is 2. The molecule has 0 fully saturated rings. The van der Waals surface area contributed by atoms with Crippen molar-refractivity contribution in [2.24, 2.45) is 0 Å². The summed E-state index contributed by atoms with van der Waals surface area (Å²) in [4.78, 5) is 24.3. The van der Waals surface area contributed by atoms with E-state index in [1.165, 1.54) is 12.1 Å². The molecule has 0 saturated carbocycles. The smallest absolute Gasteiger partial charge is 0.251 e. The number of hydrogen-bond donors (Lipinski definition) is 3. The van der Waals surface area contributed by atoms with E-state index in [1.807, 2.05) is 0 Å². The molecule has 2 aromatic rings. The van der Waals surface area contributed by atoms with Crippen LogP contribution in [0.15, 0.2) is 36.4 Å². The number of aromatic hydroxyl groups is 1. The largest absolute Gasteiger partial charge is 0.508 e. The van der Waals surface area contributed by atoms with Crippen molar-refractivity contribution in [1.29, 1.82) is 0 Å². The molecule has 2 amide bonds. The molecule has 0 aromatic heterocycles. The van der Waals surface area contributed by atoms with Crippen molar-refractivity contribution in [1.82, 2.24) is 10.6 Å². The molecule has 148 valence electrons. The van der Waals surface area contributed by atoms with Crippen LogP contribution in [0, 0.1) is 0 Å². The Bertz CT molecular complexity index is 854. The summed E-state index contributed by atoms with van der Waals surface area (Å²) >= 11 is 6.20. The van der Waals surface area contributed by atoms with Crippen molar-refractivity contribution in [2.75, 3.05) is 26.3 Å². The van der Waals surface area contributed by atoms with Crippen LogP contribution in [0.25, 0.3) is 0 Å². The van der Waals surface area contributed by atoms with Crippen molar-refractivity contribution >= 4 is 23.4 Å². The summed E-state index contributed by atoms with van der Waals surface area (Å²) in [6.45, 7) is 1.83. The molecule has 0 spiro atoms. The molecule has 0 aliphatic carbocycles. The third-order valence-electron chi connectivity index (χ3n) is 4.12. The van der Waals surface area contributed by atoms with Crippen LogP contribution in [0.3, 0.4) is 0 Å². The number of halogens is 1. The fourth-order valence-corrected chi connectivity index (χ4v) is 2.94. The van der Waals surface area contributed by atoms with Gasteiger partial charge in [-0.3, -0.25) is 9.59 Å². The van der Waals surface area contributed by atoms with Crippen molar-refractivity contribution < 1.29 is 24.2 Å². The summed E-state index contributed by atoms with van der Waals surface area (Å²) in [5.41, 5.74) is 0.853. The first kappa shape index (κ1) is 19.8. The molecule has 0 bridgehead atoms. The number of carbonyl (C=O) groups excluding carboxylic acids is 2. The Labute approximate surface area is 167 Å². The van der Waals surface area contributed by atoms with E-state index in [2.05, 4.69) is 10.6 Å². The number of amides is 2.